The molecule has 3 aromatic rings. The minimum atomic E-state index is -0.418. The highest BCUT2D eigenvalue weighted by Crippen LogP contribution is 2.21. The van der Waals surface area contributed by atoms with Crippen LogP contribution in [0, 0.1) is 17.0 Å². The average Bonchev–Trinajstić information content (AvgIpc) is 2.80. The van der Waals surface area contributed by atoms with Gasteiger partial charge in [-0.05, 0) is 19.1 Å². The van der Waals surface area contributed by atoms with Crippen LogP contribution in [0.2, 0.25) is 0 Å². The van der Waals surface area contributed by atoms with Crippen LogP contribution in [0.3, 0.4) is 0 Å². The highest BCUT2D eigenvalue weighted by Gasteiger charge is 2.32. The lowest BCUT2D eigenvalue weighted by Gasteiger charge is -2.37. The fraction of sp³-hybridized carbons (Fsp3) is 0.240. The van der Waals surface area contributed by atoms with Crippen molar-refractivity contribution >= 4 is 11.6 Å². The first-order chi connectivity index (χ1) is 15.0. The van der Waals surface area contributed by atoms with E-state index in [1.807, 2.05) is 17.0 Å². The van der Waals surface area contributed by atoms with Gasteiger partial charge in [-0.2, -0.15) is 0 Å². The molecule has 1 saturated heterocycles. The monoisotopic (exact) mass is 416 g/mol. The van der Waals surface area contributed by atoms with Gasteiger partial charge in [0.15, 0.2) is 0 Å². The lowest BCUT2D eigenvalue weighted by Crippen LogP contribution is -3.15. The van der Waals surface area contributed by atoms with Crippen molar-refractivity contribution in [2.45, 2.75) is 13.0 Å². The van der Waals surface area contributed by atoms with E-state index < -0.39 is 4.92 Å². The number of piperazine rings is 1. The van der Waals surface area contributed by atoms with Crippen molar-refractivity contribution in [2.24, 2.45) is 0 Å². The summed E-state index contributed by atoms with van der Waals surface area (Å²) in [6, 6.07) is 25.8. The molecule has 0 bridgehead atoms. The van der Waals surface area contributed by atoms with E-state index in [1.54, 1.807) is 19.1 Å². The topological polar surface area (TPSA) is 67.9 Å². The Morgan fingerprint density at radius 1 is 0.935 bits per heavy atom. The second kappa shape index (κ2) is 9.10. The summed E-state index contributed by atoms with van der Waals surface area (Å²) in [4.78, 5) is 26.9. The lowest BCUT2D eigenvalue weighted by atomic mass is 9.96. The van der Waals surface area contributed by atoms with E-state index >= 15 is 0 Å². The van der Waals surface area contributed by atoms with Gasteiger partial charge in [-0.3, -0.25) is 14.9 Å². The van der Waals surface area contributed by atoms with E-state index in [-0.39, 0.29) is 17.6 Å². The number of aryl methyl sites for hydroxylation is 1. The first-order valence-corrected chi connectivity index (χ1v) is 10.5. The predicted molar refractivity (Wildman–Crippen MR) is 119 cm³/mol. The van der Waals surface area contributed by atoms with Gasteiger partial charge in [-0.1, -0.05) is 60.7 Å². The Labute approximate surface area is 181 Å². The van der Waals surface area contributed by atoms with Gasteiger partial charge < -0.3 is 9.80 Å². The van der Waals surface area contributed by atoms with Crippen molar-refractivity contribution in [3.8, 4) is 0 Å². The number of benzene rings is 3. The van der Waals surface area contributed by atoms with Crippen LogP contribution in [0.5, 0.6) is 0 Å². The molecule has 0 saturated carbocycles. The number of nitro groups is 1. The maximum atomic E-state index is 13.0. The summed E-state index contributed by atoms with van der Waals surface area (Å²) in [7, 11) is 0. The lowest BCUT2D eigenvalue weighted by molar-refractivity contribution is -0.929. The van der Waals surface area contributed by atoms with Gasteiger partial charge in [-0.15, -0.1) is 0 Å². The summed E-state index contributed by atoms with van der Waals surface area (Å²) in [6.45, 7) is 4.65. The molecule has 1 aliphatic rings. The largest absolute Gasteiger partial charge is 0.327 e. The molecule has 31 heavy (non-hydrogen) atoms. The number of rotatable bonds is 5. The molecule has 1 fully saturated rings. The Morgan fingerprint density at radius 2 is 1.48 bits per heavy atom. The number of carbonyl (C=O) groups excluding carboxylic acids is 1. The molecular formula is C25H26N3O3+. The zero-order valence-corrected chi connectivity index (χ0v) is 17.5. The van der Waals surface area contributed by atoms with Crippen molar-refractivity contribution in [2.75, 3.05) is 26.2 Å². The minimum absolute atomic E-state index is 0.0411. The number of nitrogens with one attached hydrogen (secondary N) is 1. The average molecular weight is 417 g/mol. The van der Waals surface area contributed by atoms with Crippen LogP contribution in [0.25, 0.3) is 0 Å². The van der Waals surface area contributed by atoms with E-state index in [9.17, 15) is 14.9 Å². The highest BCUT2D eigenvalue weighted by molar-refractivity contribution is 5.94. The van der Waals surface area contributed by atoms with Gasteiger partial charge in [0.2, 0.25) is 0 Å². The Balaban J connectivity index is 1.50. The van der Waals surface area contributed by atoms with Crippen LogP contribution in [0.4, 0.5) is 5.69 Å². The van der Waals surface area contributed by atoms with E-state index in [0.29, 0.717) is 24.2 Å². The molecule has 1 amide bonds. The number of quaternary nitrogens is 1. The van der Waals surface area contributed by atoms with Crippen molar-refractivity contribution in [1.82, 2.24) is 4.90 Å². The maximum Gasteiger partial charge on any atom is 0.272 e. The summed E-state index contributed by atoms with van der Waals surface area (Å²) in [5.41, 5.74) is 3.60. The van der Waals surface area contributed by atoms with E-state index in [1.165, 1.54) is 22.1 Å². The molecule has 0 aromatic heterocycles. The van der Waals surface area contributed by atoms with E-state index in [0.717, 1.165) is 13.1 Å². The van der Waals surface area contributed by atoms with Crippen LogP contribution < -0.4 is 4.90 Å². The molecule has 4 rings (SSSR count). The third-order valence-electron chi connectivity index (χ3n) is 6.01. The molecule has 0 unspecified atom stereocenters. The van der Waals surface area contributed by atoms with Gasteiger partial charge >= 0.3 is 0 Å². The Kier molecular flexibility index (Phi) is 6.09. The van der Waals surface area contributed by atoms with Crippen LogP contribution in [-0.4, -0.2) is 41.9 Å². The number of hydrogen-bond acceptors (Lipinski definition) is 3. The Bertz CT molecular complexity index is 1020. The molecule has 0 spiro atoms. The van der Waals surface area contributed by atoms with E-state index in [4.69, 9.17) is 0 Å². The van der Waals surface area contributed by atoms with Crippen LogP contribution in [0.15, 0.2) is 78.9 Å². The van der Waals surface area contributed by atoms with Crippen molar-refractivity contribution in [1.29, 1.82) is 0 Å². The van der Waals surface area contributed by atoms with Crippen LogP contribution in [-0.2, 0) is 0 Å². The first kappa shape index (κ1) is 20.8. The summed E-state index contributed by atoms with van der Waals surface area (Å²) in [5.74, 6) is -0.0620. The molecule has 158 valence electrons. The molecule has 0 atom stereocenters. The number of carbonyl (C=O) groups is 1. The van der Waals surface area contributed by atoms with Crippen LogP contribution in [0.1, 0.15) is 33.1 Å². The maximum absolute atomic E-state index is 13.0. The van der Waals surface area contributed by atoms with Gasteiger partial charge in [0.05, 0.1) is 31.1 Å². The number of nitrogens with zero attached hydrogens (tertiary/aromatic N) is 2. The SMILES string of the molecule is Cc1cc(C(=O)N2CC[NH+](C(c3ccccc3)c3ccccc3)CC2)ccc1[N+](=O)[O-]. The standard InChI is InChI=1S/C25H25N3O3/c1-19-18-22(12-13-23(19)28(30)31)25(29)27-16-14-26(15-17-27)24(20-8-4-2-5-9-20)21-10-6-3-7-11-21/h2-13,18,24H,14-17H2,1H3/p+1. The summed E-state index contributed by atoms with van der Waals surface area (Å²) >= 11 is 0. The van der Waals surface area contributed by atoms with Crippen molar-refractivity contribution in [3.63, 3.8) is 0 Å². The molecule has 1 aliphatic heterocycles. The van der Waals surface area contributed by atoms with E-state index in [2.05, 4.69) is 48.5 Å². The number of nitro benzene ring substituents is 1. The molecule has 6 nitrogen and oxygen atoms in total. The summed E-state index contributed by atoms with van der Waals surface area (Å²) in [5, 5.41) is 11.0. The third kappa shape index (κ3) is 4.49. The van der Waals surface area contributed by atoms with Gasteiger partial charge in [0.25, 0.3) is 11.6 Å². The van der Waals surface area contributed by atoms with Gasteiger partial charge in [0.1, 0.15) is 6.04 Å². The smallest absolute Gasteiger partial charge is 0.272 e. The second-order valence-corrected chi connectivity index (χ2v) is 7.96. The zero-order valence-electron chi connectivity index (χ0n) is 17.5. The highest BCUT2D eigenvalue weighted by atomic mass is 16.6. The molecule has 1 N–H and O–H groups in total. The Hall–Kier alpha value is -3.51. The first-order valence-electron chi connectivity index (χ1n) is 10.5. The third-order valence-corrected chi connectivity index (χ3v) is 6.01. The number of hydrogen-bond donors (Lipinski definition) is 1. The molecular weight excluding hydrogens is 390 g/mol. The second-order valence-electron chi connectivity index (χ2n) is 7.96. The Morgan fingerprint density at radius 3 is 1.97 bits per heavy atom. The fourth-order valence-corrected chi connectivity index (χ4v) is 4.42. The molecule has 1 heterocycles. The number of amides is 1. The molecule has 0 radical (unpaired) electrons. The quantitative estimate of drug-likeness (QED) is 0.514. The summed E-state index contributed by atoms with van der Waals surface area (Å²) in [6.07, 6.45) is 0. The van der Waals surface area contributed by atoms with Gasteiger partial charge in [0, 0.05) is 28.3 Å². The summed E-state index contributed by atoms with van der Waals surface area (Å²) < 4.78 is 0. The van der Waals surface area contributed by atoms with Gasteiger partial charge in [-0.25, -0.2) is 0 Å². The zero-order chi connectivity index (χ0) is 21.8. The normalized spacial score (nSPS) is 14.6. The molecule has 0 aliphatic carbocycles. The molecule has 3 aromatic carbocycles. The van der Waals surface area contributed by atoms with Crippen molar-refractivity contribution < 1.29 is 14.6 Å². The molecule has 6 heteroatoms. The predicted octanol–water partition coefficient (Wildman–Crippen LogP) is 3.03. The van der Waals surface area contributed by atoms with Crippen LogP contribution >= 0.6 is 0 Å². The minimum Gasteiger partial charge on any atom is -0.327 e. The van der Waals surface area contributed by atoms with Crippen molar-refractivity contribution in [3.05, 3.63) is 111 Å². The fourth-order valence-electron chi connectivity index (χ4n) is 4.42.